The summed E-state index contributed by atoms with van der Waals surface area (Å²) in [6.07, 6.45) is 0. The molecule has 4 bridgehead atoms. The number of hydrogen-bond donors (Lipinski definition) is 1. The van der Waals surface area contributed by atoms with E-state index in [1.54, 1.807) is 0 Å². The molecule has 0 heterocycles. The van der Waals surface area contributed by atoms with Crippen molar-refractivity contribution in [2.75, 3.05) is 0 Å². The Labute approximate surface area is 126 Å². The molecule has 0 amide bonds. The molecule has 4 aliphatic rings. The van der Waals surface area contributed by atoms with Crippen LogP contribution in [0.5, 0.6) is 0 Å². The topological polar surface area (TPSA) is 20.2 Å². The summed E-state index contributed by atoms with van der Waals surface area (Å²) in [5.41, 5.74) is -21.6. The maximum Gasteiger partial charge on any atom is 0.339 e. The van der Waals surface area contributed by atoms with E-state index in [2.05, 4.69) is 0 Å². The van der Waals surface area contributed by atoms with Crippen LogP contribution < -0.4 is 0 Å². The number of halogens is 14. The summed E-state index contributed by atoms with van der Waals surface area (Å²) in [4.78, 5) is 0. The van der Waals surface area contributed by atoms with Crippen LogP contribution in [0.25, 0.3) is 0 Å². The summed E-state index contributed by atoms with van der Waals surface area (Å²) in [5.74, 6) is -48.5. The van der Waals surface area contributed by atoms with E-state index in [0.29, 0.717) is 0 Å². The minimum absolute atomic E-state index is 4.61. The van der Waals surface area contributed by atoms with Crippen LogP contribution in [0.4, 0.5) is 61.5 Å². The highest BCUT2D eigenvalue weighted by Gasteiger charge is 3.18. The van der Waals surface area contributed by atoms with Crippen molar-refractivity contribution in [1.82, 2.24) is 0 Å². The fraction of sp³-hybridized carbons (Fsp3) is 0.900. The van der Waals surface area contributed by atoms with E-state index in [1.807, 2.05) is 0 Å². The second-order valence-corrected chi connectivity index (χ2v) is 5.85. The SMILES string of the molecule is OC12C(F)(F)[C]3C(F)(F)C(F)(C1(F)F)C(F)(F)C(F)(C3(F)F)C2(F)F. The van der Waals surface area contributed by atoms with Crippen LogP contribution in [-0.4, -0.2) is 57.6 Å². The van der Waals surface area contributed by atoms with Gasteiger partial charge >= 0.3 is 46.9 Å². The van der Waals surface area contributed by atoms with Crippen LogP contribution in [0, 0.1) is 5.92 Å². The lowest BCUT2D eigenvalue weighted by Crippen LogP contribution is -3.05. The van der Waals surface area contributed by atoms with Gasteiger partial charge in [0.15, 0.2) is 5.92 Å². The van der Waals surface area contributed by atoms with Gasteiger partial charge in [0, 0.05) is 0 Å². The smallest absolute Gasteiger partial charge is 0.339 e. The molecule has 0 spiro atoms. The van der Waals surface area contributed by atoms with Crippen molar-refractivity contribution >= 4 is 0 Å². The minimum atomic E-state index is -7.59. The summed E-state index contributed by atoms with van der Waals surface area (Å²) in [6, 6.07) is 0. The molecule has 25 heavy (non-hydrogen) atoms. The Balaban J connectivity index is 2.64. The van der Waals surface area contributed by atoms with E-state index in [9.17, 15) is 61.5 Å². The molecule has 4 rings (SSSR count). The van der Waals surface area contributed by atoms with Crippen molar-refractivity contribution in [3.8, 4) is 0 Å². The van der Waals surface area contributed by atoms with Gasteiger partial charge in [0.25, 0.3) is 5.60 Å². The van der Waals surface area contributed by atoms with Crippen molar-refractivity contribution < 1.29 is 66.6 Å². The molecule has 15 heteroatoms. The van der Waals surface area contributed by atoms with Crippen LogP contribution >= 0.6 is 0 Å². The molecule has 0 saturated heterocycles. The van der Waals surface area contributed by atoms with Crippen molar-refractivity contribution in [2.24, 2.45) is 0 Å². The molecule has 0 aromatic rings. The molecule has 1 radical (unpaired) electrons. The van der Waals surface area contributed by atoms with E-state index >= 15 is 0 Å². The molecule has 0 aromatic carbocycles. The Bertz CT molecular complexity index is 556. The maximum absolute atomic E-state index is 14.1. The zero-order chi connectivity index (χ0) is 20.1. The normalized spacial score (nSPS) is 50.0. The fourth-order valence-electron chi connectivity index (χ4n) is 3.63. The predicted octanol–water partition coefficient (Wildman–Crippen LogP) is 3.56. The summed E-state index contributed by atoms with van der Waals surface area (Å²) in [7, 11) is 0. The first-order valence-electron chi connectivity index (χ1n) is 5.87. The lowest BCUT2D eigenvalue weighted by molar-refractivity contribution is -0.565. The fourth-order valence-corrected chi connectivity index (χ4v) is 3.63. The number of aliphatic hydroxyl groups is 1. The molecular formula is C10HF14O. The number of rotatable bonds is 0. The molecule has 0 aromatic heterocycles. The summed E-state index contributed by atoms with van der Waals surface area (Å²) in [6.45, 7) is 0. The second kappa shape index (κ2) is 3.54. The molecule has 1 N–H and O–H groups in total. The van der Waals surface area contributed by atoms with Gasteiger partial charge in [0.2, 0.25) is 0 Å². The summed E-state index contributed by atoms with van der Waals surface area (Å²) >= 11 is 0. The third kappa shape index (κ3) is 1.05. The number of hydrogen-bond acceptors (Lipinski definition) is 1. The van der Waals surface area contributed by atoms with Crippen LogP contribution in [-0.2, 0) is 0 Å². The summed E-state index contributed by atoms with van der Waals surface area (Å²) < 4.78 is 192. The minimum Gasteiger partial charge on any atom is -0.373 e. The van der Waals surface area contributed by atoms with E-state index < -0.39 is 58.4 Å². The van der Waals surface area contributed by atoms with Crippen molar-refractivity contribution in [3.63, 3.8) is 0 Å². The van der Waals surface area contributed by atoms with Gasteiger partial charge in [-0.25, -0.2) is 35.1 Å². The third-order valence-electron chi connectivity index (χ3n) is 4.90. The van der Waals surface area contributed by atoms with E-state index in [4.69, 9.17) is 5.11 Å². The molecule has 4 fully saturated rings. The Morgan fingerprint density at radius 1 is 0.440 bits per heavy atom. The van der Waals surface area contributed by atoms with Gasteiger partial charge in [0.1, 0.15) is 0 Å². The third-order valence-corrected chi connectivity index (χ3v) is 4.90. The first kappa shape index (κ1) is 18.8. The highest BCUT2D eigenvalue weighted by Crippen LogP contribution is 2.86. The Kier molecular flexibility index (Phi) is 2.66. The molecule has 2 atom stereocenters. The highest BCUT2D eigenvalue weighted by atomic mass is 19.3. The quantitative estimate of drug-likeness (QED) is 0.614. The average molecular weight is 403 g/mol. The molecule has 1 nitrogen and oxygen atoms in total. The van der Waals surface area contributed by atoms with Gasteiger partial charge in [-0.3, -0.25) is 0 Å². The Morgan fingerprint density at radius 3 is 1.00 bits per heavy atom. The zero-order valence-corrected chi connectivity index (χ0v) is 10.7. The first-order valence-corrected chi connectivity index (χ1v) is 5.87. The standard InChI is InChI=1S/C10HF14O/c11-2(12)1-3(13,14)6(18)8(19,20)5(2,17)9(21,22)7(25,4(1,15)16)10(6,23)24/h25H. The van der Waals surface area contributed by atoms with Crippen LogP contribution in [0.3, 0.4) is 0 Å². The Morgan fingerprint density at radius 2 is 0.720 bits per heavy atom. The molecule has 4 aliphatic carbocycles. The van der Waals surface area contributed by atoms with Crippen LogP contribution in [0.2, 0.25) is 0 Å². The number of alkyl halides is 14. The van der Waals surface area contributed by atoms with E-state index in [-0.39, 0.29) is 0 Å². The molecule has 0 aliphatic heterocycles. The van der Waals surface area contributed by atoms with E-state index in [1.165, 1.54) is 0 Å². The lowest BCUT2D eigenvalue weighted by Gasteiger charge is -2.72. The largest absolute Gasteiger partial charge is 0.373 e. The summed E-state index contributed by atoms with van der Waals surface area (Å²) in [5, 5.41) is 8.96. The van der Waals surface area contributed by atoms with Gasteiger partial charge in [-0.15, -0.1) is 0 Å². The van der Waals surface area contributed by atoms with E-state index in [0.717, 1.165) is 0 Å². The van der Waals surface area contributed by atoms with Crippen LogP contribution in [0.15, 0.2) is 0 Å². The average Bonchev–Trinajstić information content (AvgIpc) is 2.38. The van der Waals surface area contributed by atoms with Gasteiger partial charge in [-0.1, -0.05) is 0 Å². The second-order valence-electron chi connectivity index (χ2n) is 5.85. The molecule has 4 saturated carbocycles. The van der Waals surface area contributed by atoms with Gasteiger partial charge < -0.3 is 5.11 Å². The van der Waals surface area contributed by atoms with Crippen molar-refractivity contribution in [3.05, 3.63) is 5.92 Å². The van der Waals surface area contributed by atoms with Gasteiger partial charge in [0.05, 0.1) is 0 Å². The van der Waals surface area contributed by atoms with Gasteiger partial charge in [-0.05, 0) is 0 Å². The monoisotopic (exact) mass is 403 g/mol. The molecule has 145 valence electrons. The van der Waals surface area contributed by atoms with Gasteiger partial charge in [-0.2, -0.15) is 26.3 Å². The predicted molar refractivity (Wildman–Crippen MR) is 45.6 cm³/mol. The lowest BCUT2D eigenvalue weighted by atomic mass is 9.41. The van der Waals surface area contributed by atoms with Crippen molar-refractivity contribution in [1.29, 1.82) is 0 Å². The first-order chi connectivity index (χ1) is 10.6. The Hall–Kier alpha value is -1.02. The molecule has 2 unspecified atom stereocenters. The zero-order valence-electron chi connectivity index (χ0n) is 10.7. The maximum atomic E-state index is 14.1. The van der Waals surface area contributed by atoms with Crippen LogP contribution in [0.1, 0.15) is 0 Å². The highest BCUT2D eigenvalue weighted by molar-refractivity contribution is 5.57. The van der Waals surface area contributed by atoms with Crippen molar-refractivity contribution in [2.45, 2.75) is 52.5 Å². The molecular weight excluding hydrogens is 402 g/mol.